The summed E-state index contributed by atoms with van der Waals surface area (Å²) in [4.78, 5) is 22.1. The number of hydrogen-bond donors (Lipinski definition) is 0. The molecule has 0 saturated carbocycles. The molecule has 0 bridgehead atoms. The lowest BCUT2D eigenvalue weighted by Gasteiger charge is -2.39. The minimum absolute atomic E-state index is 0.145. The van der Waals surface area contributed by atoms with Gasteiger partial charge in [0.2, 0.25) is 0 Å². The van der Waals surface area contributed by atoms with Gasteiger partial charge in [0.05, 0.1) is 24.5 Å². The van der Waals surface area contributed by atoms with Crippen molar-refractivity contribution in [1.82, 2.24) is 19.2 Å². The molecule has 2 aromatic heterocycles. The number of hydrogen-bond acceptors (Lipinski definition) is 4. The molecule has 25 heavy (non-hydrogen) atoms. The molecule has 2 saturated heterocycles. The Kier molecular flexibility index (Phi) is 4.72. The number of carbonyl (C=O) groups is 1. The van der Waals surface area contributed by atoms with Crippen LogP contribution in [0.2, 0.25) is 0 Å². The first-order chi connectivity index (χ1) is 12.2. The Morgan fingerprint density at radius 2 is 2.04 bits per heavy atom. The van der Waals surface area contributed by atoms with Crippen LogP contribution in [0.1, 0.15) is 35.3 Å². The lowest BCUT2D eigenvalue weighted by atomic mass is 10.00. The number of amides is 1. The fourth-order valence-electron chi connectivity index (χ4n) is 3.95. The van der Waals surface area contributed by atoms with E-state index in [0.29, 0.717) is 6.04 Å². The molecule has 134 valence electrons. The second-order valence-corrected chi connectivity index (χ2v) is 7.13. The number of piperidine rings is 1. The zero-order valence-corrected chi connectivity index (χ0v) is 14.9. The average Bonchev–Trinajstić information content (AvgIpc) is 3.01. The Balaban J connectivity index is 1.52. The number of likely N-dealkylation sites (tertiary alicyclic amines) is 1. The highest BCUT2D eigenvalue weighted by Crippen LogP contribution is 2.21. The molecule has 0 N–H and O–H groups in total. The van der Waals surface area contributed by atoms with Gasteiger partial charge in [-0.2, -0.15) is 0 Å². The van der Waals surface area contributed by atoms with Gasteiger partial charge in [-0.1, -0.05) is 0 Å². The van der Waals surface area contributed by atoms with E-state index in [1.54, 1.807) is 0 Å². The third-order valence-electron chi connectivity index (χ3n) is 5.28. The van der Waals surface area contributed by atoms with E-state index in [1.807, 2.05) is 35.9 Å². The van der Waals surface area contributed by atoms with E-state index in [-0.39, 0.29) is 5.91 Å². The van der Waals surface area contributed by atoms with Crippen LogP contribution < -0.4 is 0 Å². The molecule has 0 unspecified atom stereocenters. The van der Waals surface area contributed by atoms with Crippen molar-refractivity contribution in [3.05, 3.63) is 35.8 Å². The number of aryl methyl sites for hydroxylation is 1. The van der Waals surface area contributed by atoms with E-state index in [2.05, 4.69) is 14.8 Å². The highest BCUT2D eigenvalue weighted by molar-refractivity contribution is 5.94. The summed E-state index contributed by atoms with van der Waals surface area (Å²) >= 11 is 0. The zero-order chi connectivity index (χ0) is 17.2. The molecular weight excluding hydrogens is 316 g/mol. The Morgan fingerprint density at radius 1 is 1.20 bits per heavy atom. The Morgan fingerprint density at radius 3 is 2.88 bits per heavy atom. The van der Waals surface area contributed by atoms with Gasteiger partial charge in [0.1, 0.15) is 5.65 Å². The van der Waals surface area contributed by atoms with E-state index in [0.717, 1.165) is 69.1 Å². The summed E-state index contributed by atoms with van der Waals surface area (Å²) in [5.41, 5.74) is 2.60. The molecule has 2 aliphatic heterocycles. The molecule has 1 amide bonds. The smallest absolute Gasteiger partial charge is 0.255 e. The Labute approximate surface area is 148 Å². The van der Waals surface area contributed by atoms with Crippen LogP contribution in [0.4, 0.5) is 0 Å². The number of ether oxygens (including phenoxy) is 1. The number of imidazole rings is 1. The molecule has 1 atom stereocenters. The fraction of sp³-hybridized carbons (Fsp3) is 0.579. The summed E-state index contributed by atoms with van der Waals surface area (Å²) in [6.45, 7) is 7.33. The van der Waals surface area contributed by atoms with E-state index in [9.17, 15) is 4.79 Å². The van der Waals surface area contributed by atoms with Crippen molar-refractivity contribution in [2.24, 2.45) is 0 Å². The van der Waals surface area contributed by atoms with Gasteiger partial charge in [-0.15, -0.1) is 0 Å². The van der Waals surface area contributed by atoms with Gasteiger partial charge < -0.3 is 14.0 Å². The summed E-state index contributed by atoms with van der Waals surface area (Å²) in [5.74, 6) is 0.145. The number of aromatic nitrogens is 2. The van der Waals surface area contributed by atoms with Crippen LogP contribution in [0, 0.1) is 6.92 Å². The van der Waals surface area contributed by atoms with Gasteiger partial charge in [0, 0.05) is 44.6 Å². The minimum Gasteiger partial charge on any atom is -0.379 e. The average molecular weight is 342 g/mol. The Bertz CT molecular complexity index is 751. The van der Waals surface area contributed by atoms with Crippen LogP contribution in [-0.2, 0) is 4.74 Å². The molecule has 2 aromatic rings. The van der Waals surface area contributed by atoms with Crippen molar-refractivity contribution in [3.8, 4) is 0 Å². The third kappa shape index (κ3) is 3.55. The maximum atomic E-state index is 13.2. The Hall–Kier alpha value is -1.92. The van der Waals surface area contributed by atoms with Crippen molar-refractivity contribution in [2.75, 3.05) is 39.4 Å². The van der Waals surface area contributed by atoms with Crippen LogP contribution in [0.15, 0.2) is 24.5 Å². The van der Waals surface area contributed by atoms with Crippen LogP contribution in [0.3, 0.4) is 0 Å². The summed E-state index contributed by atoms with van der Waals surface area (Å²) in [5, 5.41) is 0. The molecule has 2 aliphatic rings. The van der Waals surface area contributed by atoms with Gasteiger partial charge in [-0.3, -0.25) is 9.69 Å². The summed E-state index contributed by atoms with van der Waals surface area (Å²) in [6.07, 6.45) is 7.28. The number of pyridine rings is 1. The van der Waals surface area contributed by atoms with Gasteiger partial charge in [-0.25, -0.2) is 4.98 Å². The highest BCUT2D eigenvalue weighted by atomic mass is 16.5. The predicted octanol–water partition coefficient (Wildman–Crippen LogP) is 1.97. The largest absolute Gasteiger partial charge is 0.379 e. The lowest BCUT2D eigenvalue weighted by Crippen LogP contribution is -2.51. The predicted molar refractivity (Wildman–Crippen MR) is 95.9 cm³/mol. The van der Waals surface area contributed by atoms with E-state index < -0.39 is 0 Å². The van der Waals surface area contributed by atoms with E-state index in [4.69, 9.17) is 4.74 Å². The number of carbonyl (C=O) groups excluding carboxylic acids is 1. The third-order valence-corrected chi connectivity index (χ3v) is 5.28. The topological polar surface area (TPSA) is 50.1 Å². The lowest BCUT2D eigenvalue weighted by molar-refractivity contribution is 0.0166. The molecule has 0 aromatic carbocycles. The van der Waals surface area contributed by atoms with Gasteiger partial charge in [0.15, 0.2) is 0 Å². The highest BCUT2D eigenvalue weighted by Gasteiger charge is 2.29. The molecule has 0 radical (unpaired) electrons. The quantitative estimate of drug-likeness (QED) is 0.856. The number of nitrogens with zero attached hydrogens (tertiary/aromatic N) is 4. The fourth-order valence-corrected chi connectivity index (χ4v) is 3.95. The second-order valence-electron chi connectivity index (χ2n) is 7.13. The SMILES string of the molecule is Cc1cn2cc(C(=O)N3CCCC[C@H]3CN3CCOCC3)ccc2n1. The summed E-state index contributed by atoms with van der Waals surface area (Å²) in [6, 6.07) is 4.14. The standard InChI is InChI=1S/C19H26N4O2/c1-15-12-22-13-16(5-6-18(22)20-15)19(24)23-7-3-2-4-17(23)14-21-8-10-25-11-9-21/h5-6,12-13,17H,2-4,7-11,14H2,1H3/t17-/m0/s1. The number of morpholine rings is 1. The van der Waals surface area contributed by atoms with Crippen molar-refractivity contribution in [1.29, 1.82) is 0 Å². The van der Waals surface area contributed by atoms with Crippen LogP contribution in [-0.4, -0.2) is 70.5 Å². The first-order valence-corrected chi connectivity index (χ1v) is 9.27. The first-order valence-electron chi connectivity index (χ1n) is 9.27. The van der Waals surface area contributed by atoms with Crippen LogP contribution in [0.5, 0.6) is 0 Å². The van der Waals surface area contributed by atoms with Crippen molar-refractivity contribution >= 4 is 11.6 Å². The van der Waals surface area contributed by atoms with E-state index >= 15 is 0 Å². The molecule has 4 rings (SSSR count). The van der Waals surface area contributed by atoms with Crippen molar-refractivity contribution in [3.63, 3.8) is 0 Å². The number of rotatable bonds is 3. The molecule has 6 heteroatoms. The van der Waals surface area contributed by atoms with Crippen molar-refractivity contribution < 1.29 is 9.53 Å². The first kappa shape index (κ1) is 16.5. The van der Waals surface area contributed by atoms with Gasteiger partial charge in [-0.05, 0) is 38.3 Å². The molecule has 2 fully saturated rings. The molecule has 6 nitrogen and oxygen atoms in total. The van der Waals surface area contributed by atoms with Gasteiger partial charge in [0.25, 0.3) is 5.91 Å². The van der Waals surface area contributed by atoms with Crippen molar-refractivity contribution in [2.45, 2.75) is 32.2 Å². The summed E-state index contributed by atoms with van der Waals surface area (Å²) in [7, 11) is 0. The van der Waals surface area contributed by atoms with Crippen LogP contribution in [0.25, 0.3) is 5.65 Å². The van der Waals surface area contributed by atoms with Crippen LogP contribution >= 0.6 is 0 Å². The zero-order valence-electron chi connectivity index (χ0n) is 14.9. The van der Waals surface area contributed by atoms with Gasteiger partial charge >= 0.3 is 0 Å². The second kappa shape index (κ2) is 7.14. The monoisotopic (exact) mass is 342 g/mol. The molecule has 0 spiro atoms. The van der Waals surface area contributed by atoms with E-state index in [1.165, 1.54) is 6.42 Å². The molecule has 0 aliphatic carbocycles. The maximum absolute atomic E-state index is 13.2. The molecular formula is C19H26N4O2. The molecule has 4 heterocycles. The maximum Gasteiger partial charge on any atom is 0.255 e. The summed E-state index contributed by atoms with van der Waals surface area (Å²) < 4.78 is 7.39. The number of fused-ring (bicyclic) bond motifs is 1. The minimum atomic E-state index is 0.145. The normalized spacial score (nSPS) is 22.4.